The van der Waals surface area contributed by atoms with Crippen molar-refractivity contribution in [1.82, 2.24) is 5.32 Å². The monoisotopic (exact) mass is 299 g/mol. The summed E-state index contributed by atoms with van der Waals surface area (Å²) in [6.07, 6.45) is 0.479. The lowest BCUT2D eigenvalue weighted by Gasteiger charge is -2.22. The minimum atomic E-state index is 0.0447. The first-order valence-corrected chi connectivity index (χ1v) is 6.28. The molecule has 4 nitrogen and oxygen atoms in total. The number of carbonyl (C=O) groups is 1. The van der Waals surface area contributed by atoms with E-state index in [4.69, 9.17) is 5.73 Å². The van der Waals surface area contributed by atoms with E-state index in [0.29, 0.717) is 19.5 Å². The molecule has 94 valence electrons. The summed E-state index contributed by atoms with van der Waals surface area (Å²) < 4.78 is 1.02. The maximum atomic E-state index is 11.2. The Morgan fingerprint density at radius 3 is 2.82 bits per heavy atom. The molecular formula is C12H18BrN3O. The van der Waals surface area contributed by atoms with Gasteiger partial charge in [-0.3, -0.25) is 4.79 Å². The Labute approximate surface area is 110 Å². The van der Waals surface area contributed by atoms with Crippen LogP contribution in [0.2, 0.25) is 0 Å². The standard InChI is InChI=1S/C12H18BrN3O/c1-15-12(17)5-6-16(2)11-4-3-10(13)7-9(11)8-14/h3-4,7H,5-6,8,14H2,1-2H3,(H,15,17). The van der Waals surface area contributed by atoms with E-state index in [-0.39, 0.29) is 5.91 Å². The van der Waals surface area contributed by atoms with Crippen molar-refractivity contribution in [2.75, 3.05) is 25.5 Å². The third-order valence-electron chi connectivity index (χ3n) is 2.63. The fourth-order valence-electron chi connectivity index (χ4n) is 1.60. The summed E-state index contributed by atoms with van der Waals surface area (Å²) in [4.78, 5) is 13.2. The molecule has 0 atom stereocenters. The molecule has 1 rings (SSSR count). The highest BCUT2D eigenvalue weighted by Crippen LogP contribution is 2.23. The summed E-state index contributed by atoms with van der Waals surface area (Å²) in [5.74, 6) is 0.0447. The van der Waals surface area contributed by atoms with Crippen LogP contribution >= 0.6 is 15.9 Å². The molecule has 0 aliphatic heterocycles. The molecule has 0 saturated carbocycles. The Morgan fingerprint density at radius 1 is 1.53 bits per heavy atom. The highest BCUT2D eigenvalue weighted by molar-refractivity contribution is 9.10. The number of halogens is 1. The van der Waals surface area contributed by atoms with Crippen molar-refractivity contribution >= 4 is 27.5 Å². The van der Waals surface area contributed by atoms with Gasteiger partial charge in [0.05, 0.1) is 0 Å². The Kier molecular flexibility index (Phi) is 5.44. The number of carbonyl (C=O) groups excluding carboxylic acids is 1. The predicted molar refractivity (Wildman–Crippen MR) is 74.0 cm³/mol. The van der Waals surface area contributed by atoms with Crippen molar-refractivity contribution in [3.8, 4) is 0 Å². The minimum Gasteiger partial charge on any atom is -0.374 e. The van der Waals surface area contributed by atoms with Gasteiger partial charge in [0.2, 0.25) is 5.91 Å². The van der Waals surface area contributed by atoms with E-state index < -0.39 is 0 Å². The maximum Gasteiger partial charge on any atom is 0.221 e. The van der Waals surface area contributed by atoms with Crippen LogP contribution < -0.4 is 16.0 Å². The summed E-state index contributed by atoms with van der Waals surface area (Å²) in [7, 11) is 3.61. The average Bonchev–Trinajstić information content (AvgIpc) is 2.35. The van der Waals surface area contributed by atoms with Gasteiger partial charge in [-0.1, -0.05) is 15.9 Å². The fourth-order valence-corrected chi connectivity index (χ4v) is 2.01. The normalized spacial score (nSPS) is 10.1. The van der Waals surface area contributed by atoms with Crippen LogP contribution in [0.15, 0.2) is 22.7 Å². The summed E-state index contributed by atoms with van der Waals surface area (Å²) in [5.41, 5.74) is 7.85. The van der Waals surface area contributed by atoms with Crippen LogP contribution in [0.1, 0.15) is 12.0 Å². The molecule has 5 heteroatoms. The van der Waals surface area contributed by atoms with Gasteiger partial charge in [0.25, 0.3) is 0 Å². The molecule has 0 bridgehead atoms. The number of nitrogens with one attached hydrogen (secondary N) is 1. The zero-order chi connectivity index (χ0) is 12.8. The van der Waals surface area contributed by atoms with Gasteiger partial charge in [0.15, 0.2) is 0 Å². The van der Waals surface area contributed by atoms with Crippen molar-refractivity contribution in [1.29, 1.82) is 0 Å². The lowest BCUT2D eigenvalue weighted by molar-refractivity contribution is -0.120. The highest BCUT2D eigenvalue weighted by Gasteiger charge is 2.08. The van der Waals surface area contributed by atoms with E-state index in [1.807, 2.05) is 30.1 Å². The fraction of sp³-hybridized carbons (Fsp3) is 0.417. The van der Waals surface area contributed by atoms with Crippen LogP contribution in [0.4, 0.5) is 5.69 Å². The van der Waals surface area contributed by atoms with Gasteiger partial charge in [-0.05, 0) is 23.8 Å². The number of nitrogens with zero attached hydrogens (tertiary/aromatic N) is 1. The second-order valence-electron chi connectivity index (χ2n) is 3.82. The van der Waals surface area contributed by atoms with Crippen molar-refractivity contribution in [2.45, 2.75) is 13.0 Å². The molecule has 0 aliphatic rings. The average molecular weight is 300 g/mol. The quantitative estimate of drug-likeness (QED) is 0.866. The van der Waals surface area contributed by atoms with E-state index in [0.717, 1.165) is 15.7 Å². The molecule has 17 heavy (non-hydrogen) atoms. The largest absolute Gasteiger partial charge is 0.374 e. The van der Waals surface area contributed by atoms with Gasteiger partial charge in [0.1, 0.15) is 0 Å². The van der Waals surface area contributed by atoms with Gasteiger partial charge in [-0.25, -0.2) is 0 Å². The van der Waals surface area contributed by atoms with Gasteiger partial charge in [-0.15, -0.1) is 0 Å². The van der Waals surface area contributed by atoms with E-state index in [1.165, 1.54) is 0 Å². The SMILES string of the molecule is CNC(=O)CCN(C)c1ccc(Br)cc1CN. The molecule has 1 aromatic carbocycles. The molecule has 0 aliphatic carbocycles. The van der Waals surface area contributed by atoms with Crippen LogP contribution in [0.25, 0.3) is 0 Å². The molecule has 0 fully saturated rings. The van der Waals surface area contributed by atoms with Gasteiger partial charge in [0, 0.05) is 43.8 Å². The lowest BCUT2D eigenvalue weighted by Crippen LogP contribution is -2.27. The minimum absolute atomic E-state index is 0.0447. The van der Waals surface area contributed by atoms with E-state index in [2.05, 4.69) is 21.2 Å². The van der Waals surface area contributed by atoms with Crippen LogP contribution in [-0.2, 0) is 11.3 Å². The molecule has 0 unspecified atom stereocenters. The zero-order valence-electron chi connectivity index (χ0n) is 10.2. The summed E-state index contributed by atoms with van der Waals surface area (Å²) in [6.45, 7) is 1.16. The smallest absolute Gasteiger partial charge is 0.221 e. The maximum absolute atomic E-state index is 11.2. The van der Waals surface area contributed by atoms with E-state index in [9.17, 15) is 4.79 Å². The second-order valence-corrected chi connectivity index (χ2v) is 4.74. The zero-order valence-corrected chi connectivity index (χ0v) is 11.8. The molecule has 0 aromatic heterocycles. The molecule has 0 heterocycles. The van der Waals surface area contributed by atoms with Crippen LogP contribution in [0.5, 0.6) is 0 Å². The van der Waals surface area contributed by atoms with E-state index in [1.54, 1.807) is 7.05 Å². The summed E-state index contributed by atoms with van der Waals surface area (Å²) in [5, 5.41) is 2.61. The molecule has 1 aromatic rings. The van der Waals surface area contributed by atoms with Gasteiger partial charge >= 0.3 is 0 Å². The molecule has 1 amide bonds. The lowest BCUT2D eigenvalue weighted by atomic mass is 10.1. The number of benzene rings is 1. The van der Waals surface area contributed by atoms with Gasteiger partial charge in [-0.2, -0.15) is 0 Å². The topological polar surface area (TPSA) is 58.4 Å². The van der Waals surface area contributed by atoms with Crippen molar-refractivity contribution in [3.05, 3.63) is 28.2 Å². The van der Waals surface area contributed by atoms with Crippen LogP contribution in [0, 0.1) is 0 Å². The van der Waals surface area contributed by atoms with Crippen LogP contribution in [0.3, 0.4) is 0 Å². The third kappa shape index (κ3) is 4.02. The molecular weight excluding hydrogens is 282 g/mol. The first kappa shape index (κ1) is 14.0. The predicted octanol–water partition coefficient (Wildman–Crippen LogP) is 1.48. The number of amides is 1. The third-order valence-corrected chi connectivity index (χ3v) is 3.12. The molecule has 0 saturated heterocycles. The molecule has 3 N–H and O–H groups in total. The summed E-state index contributed by atoms with van der Waals surface area (Å²) in [6, 6.07) is 5.99. The number of hydrogen-bond donors (Lipinski definition) is 2. The summed E-state index contributed by atoms with van der Waals surface area (Å²) >= 11 is 3.42. The number of anilines is 1. The number of rotatable bonds is 5. The Morgan fingerprint density at radius 2 is 2.24 bits per heavy atom. The Bertz CT molecular complexity index is 395. The highest BCUT2D eigenvalue weighted by atomic mass is 79.9. The Hall–Kier alpha value is -1.07. The van der Waals surface area contributed by atoms with E-state index >= 15 is 0 Å². The first-order chi connectivity index (χ1) is 8.08. The Balaban J connectivity index is 2.74. The van der Waals surface area contributed by atoms with Crippen molar-refractivity contribution in [3.63, 3.8) is 0 Å². The van der Waals surface area contributed by atoms with Crippen molar-refractivity contribution < 1.29 is 4.79 Å². The number of nitrogens with two attached hydrogens (primary N) is 1. The molecule has 0 spiro atoms. The van der Waals surface area contributed by atoms with Crippen LogP contribution in [-0.4, -0.2) is 26.5 Å². The number of hydrogen-bond acceptors (Lipinski definition) is 3. The molecule has 0 radical (unpaired) electrons. The first-order valence-electron chi connectivity index (χ1n) is 5.48. The second kappa shape index (κ2) is 6.61. The van der Waals surface area contributed by atoms with Crippen molar-refractivity contribution in [2.24, 2.45) is 5.73 Å². The van der Waals surface area contributed by atoms with Gasteiger partial charge < -0.3 is 16.0 Å².